The highest BCUT2D eigenvalue weighted by atomic mass is 35.5. The first-order valence-corrected chi connectivity index (χ1v) is 12.1. The molecule has 1 aromatic heterocycles. The second kappa shape index (κ2) is 10.6. The smallest absolute Gasteiger partial charge is 0.253 e. The number of aromatic nitrogens is 3. The van der Waals surface area contributed by atoms with E-state index < -0.39 is 0 Å². The Morgan fingerprint density at radius 1 is 0.970 bits per heavy atom. The van der Waals surface area contributed by atoms with E-state index in [1.165, 1.54) is 22.9 Å². The highest BCUT2D eigenvalue weighted by molar-refractivity contribution is 7.98. The van der Waals surface area contributed by atoms with Crippen molar-refractivity contribution in [3.05, 3.63) is 104 Å². The molecule has 0 atom stereocenters. The summed E-state index contributed by atoms with van der Waals surface area (Å²) in [4.78, 5) is 12.6. The summed E-state index contributed by atoms with van der Waals surface area (Å²) in [6, 6.07) is 20.4. The van der Waals surface area contributed by atoms with E-state index in [1.807, 2.05) is 16.7 Å². The third-order valence-electron chi connectivity index (χ3n) is 4.83. The van der Waals surface area contributed by atoms with Gasteiger partial charge in [-0.25, -0.2) is 0 Å². The highest BCUT2D eigenvalue weighted by Crippen LogP contribution is 2.31. The lowest BCUT2D eigenvalue weighted by atomic mass is 10.2. The van der Waals surface area contributed by atoms with Crippen LogP contribution >= 0.6 is 46.6 Å². The van der Waals surface area contributed by atoms with Crippen LogP contribution in [0, 0.1) is 6.92 Å². The highest BCUT2D eigenvalue weighted by Gasteiger charge is 2.19. The number of halogens is 3. The molecule has 1 N–H and O–H groups in total. The topological polar surface area (TPSA) is 59.8 Å². The van der Waals surface area contributed by atoms with E-state index >= 15 is 0 Å². The molecule has 4 rings (SSSR count). The van der Waals surface area contributed by atoms with Crippen molar-refractivity contribution in [3.8, 4) is 5.69 Å². The summed E-state index contributed by atoms with van der Waals surface area (Å²) in [6.07, 6.45) is 0. The van der Waals surface area contributed by atoms with Gasteiger partial charge in [-0.3, -0.25) is 9.36 Å². The maximum atomic E-state index is 12.6. The number of nitrogens with zero attached hydrogens (tertiary/aromatic N) is 3. The number of carbonyl (C=O) groups excluding carboxylic acids is 1. The molecule has 0 fully saturated rings. The molecule has 1 heterocycles. The number of amides is 1. The van der Waals surface area contributed by atoms with Crippen LogP contribution in [0.15, 0.2) is 71.9 Å². The monoisotopic (exact) mass is 516 g/mol. The SMILES string of the molecule is Cc1cccc(CSc2nnc(CNC(=O)c3ccccc3Cl)n2-c2ccc(Cl)cc2Cl)c1. The molecule has 0 aliphatic heterocycles. The lowest BCUT2D eigenvalue weighted by Crippen LogP contribution is -2.25. The van der Waals surface area contributed by atoms with Gasteiger partial charge in [0.15, 0.2) is 11.0 Å². The first-order chi connectivity index (χ1) is 15.9. The number of benzene rings is 3. The zero-order chi connectivity index (χ0) is 23.4. The second-order valence-corrected chi connectivity index (χ2v) is 9.46. The quantitative estimate of drug-likeness (QED) is 0.275. The summed E-state index contributed by atoms with van der Waals surface area (Å²) in [5, 5.41) is 13.6. The average Bonchev–Trinajstić information content (AvgIpc) is 3.19. The van der Waals surface area contributed by atoms with Crippen molar-refractivity contribution in [2.24, 2.45) is 0 Å². The lowest BCUT2D eigenvalue weighted by Gasteiger charge is -2.13. The van der Waals surface area contributed by atoms with Crippen molar-refractivity contribution in [3.63, 3.8) is 0 Å². The van der Waals surface area contributed by atoms with E-state index in [4.69, 9.17) is 34.8 Å². The summed E-state index contributed by atoms with van der Waals surface area (Å²) in [7, 11) is 0. The summed E-state index contributed by atoms with van der Waals surface area (Å²) in [5.74, 6) is 0.939. The lowest BCUT2D eigenvalue weighted by molar-refractivity contribution is 0.0950. The predicted octanol–water partition coefficient (Wildman–Crippen LogP) is 6.76. The molecule has 0 unspecified atom stereocenters. The van der Waals surface area contributed by atoms with E-state index in [9.17, 15) is 4.79 Å². The van der Waals surface area contributed by atoms with Gasteiger partial charge in [0.2, 0.25) is 0 Å². The minimum Gasteiger partial charge on any atom is -0.345 e. The van der Waals surface area contributed by atoms with E-state index in [-0.39, 0.29) is 12.5 Å². The van der Waals surface area contributed by atoms with E-state index in [0.717, 1.165) is 0 Å². The zero-order valence-corrected chi connectivity index (χ0v) is 20.6. The third-order valence-corrected chi connectivity index (χ3v) is 6.69. The summed E-state index contributed by atoms with van der Waals surface area (Å²) >= 11 is 20.3. The van der Waals surface area contributed by atoms with Gasteiger partial charge in [0.25, 0.3) is 5.91 Å². The molecule has 9 heteroatoms. The molecule has 0 spiro atoms. The minimum absolute atomic E-state index is 0.140. The first-order valence-electron chi connectivity index (χ1n) is 10.0. The maximum absolute atomic E-state index is 12.6. The third kappa shape index (κ3) is 5.71. The molecule has 1 amide bonds. The standard InChI is InChI=1S/C24H19Cl3N4OS/c1-15-5-4-6-16(11-15)14-33-24-30-29-22(31(24)21-10-9-17(25)12-20(21)27)13-28-23(32)18-7-2-3-8-19(18)26/h2-12H,13-14H2,1H3,(H,28,32). The molecule has 3 aromatic carbocycles. The summed E-state index contributed by atoms with van der Waals surface area (Å²) in [6.45, 7) is 2.20. The Morgan fingerprint density at radius 2 is 1.79 bits per heavy atom. The Balaban J connectivity index is 1.62. The van der Waals surface area contributed by atoms with Gasteiger partial charge in [-0.15, -0.1) is 10.2 Å². The average molecular weight is 518 g/mol. The number of aryl methyl sites for hydroxylation is 1. The van der Waals surface area contributed by atoms with Crippen molar-refractivity contribution in [2.75, 3.05) is 0 Å². The Kier molecular flexibility index (Phi) is 7.60. The molecule has 0 bridgehead atoms. The van der Waals surface area contributed by atoms with Crippen molar-refractivity contribution in [1.82, 2.24) is 20.1 Å². The van der Waals surface area contributed by atoms with Crippen molar-refractivity contribution >= 4 is 52.5 Å². The molecule has 168 valence electrons. The Hall–Kier alpha value is -2.51. The summed E-state index contributed by atoms with van der Waals surface area (Å²) < 4.78 is 1.84. The van der Waals surface area contributed by atoms with Crippen molar-refractivity contribution in [1.29, 1.82) is 0 Å². The fraction of sp³-hybridized carbons (Fsp3) is 0.125. The Morgan fingerprint density at radius 3 is 2.55 bits per heavy atom. The Bertz CT molecular complexity index is 1310. The molecule has 33 heavy (non-hydrogen) atoms. The van der Waals surface area contributed by atoms with Gasteiger partial charge in [0.1, 0.15) is 0 Å². The number of nitrogens with one attached hydrogen (secondary N) is 1. The zero-order valence-electron chi connectivity index (χ0n) is 17.6. The van der Waals surface area contributed by atoms with Crippen LogP contribution < -0.4 is 5.32 Å². The van der Waals surface area contributed by atoms with Gasteiger partial charge in [-0.2, -0.15) is 0 Å². The largest absolute Gasteiger partial charge is 0.345 e. The van der Waals surface area contributed by atoms with Gasteiger partial charge in [0, 0.05) is 10.8 Å². The van der Waals surface area contributed by atoms with Crippen molar-refractivity contribution < 1.29 is 4.79 Å². The van der Waals surface area contributed by atoms with Crippen LogP contribution in [0.5, 0.6) is 0 Å². The molecule has 0 saturated carbocycles. The maximum Gasteiger partial charge on any atom is 0.253 e. The van der Waals surface area contributed by atoms with Gasteiger partial charge in [-0.1, -0.05) is 88.5 Å². The number of hydrogen-bond donors (Lipinski definition) is 1. The van der Waals surface area contributed by atoms with Crippen LogP contribution in [0.4, 0.5) is 0 Å². The van der Waals surface area contributed by atoms with Crippen LogP contribution in [0.3, 0.4) is 0 Å². The van der Waals surface area contributed by atoms with Gasteiger partial charge in [-0.05, 0) is 42.8 Å². The van der Waals surface area contributed by atoms with Crippen LogP contribution in [-0.4, -0.2) is 20.7 Å². The fourth-order valence-electron chi connectivity index (χ4n) is 3.26. The normalized spacial score (nSPS) is 10.9. The Labute approximate surface area is 211 Å². The van der Waals surface area contributed by atoms with Crippen LogP contribution in [-0.2, 0) is 12.3 Å². The van der Waals surface area contributed by atoms with Crippen molar-refractivity contribution in [2.45, 2.75) is 24.4 Å². The predicted molar refractivity (Wildman–Crippen MR) is 135 cm³/mol. The van der Waals surface area contributed by atoms with E-state index in [1.54, 1.807) is 36.4 Å². The molecule has 0 saturated heterocycles. The molecule has 4 aromatic rings. The summed E-state index contributed by atoms with van der Waals surface area (Å²) in [5.41, 5.74) is 3.44. The van der Waals surface area contributed by atoms with Gasteiger partial charge in [0.05, 0.1) is 27.8 Å². The van der Waals surface area contributed by atoms with Crippen LogP contribution in [0.25, 0.3) is 5.69 Å². The molecule has 0 aliphatic rings. The van der Waals surface area contributed by atoms with Crippen LogP contribution in [0.2, 0.25) is 15.1 Å². The number of rotatable bonds is 7. The van der Waals surface area contributed by atoms with E-state index in [2.05, 4.69) is 40.6 Å². The first kappa shape index (κ1) is 23.6. The van der Waals surface area contributed by atoms with Crippen LogP contribution in [0.1, 0.15) is 27.3 Å². The number of thioether (sulfide) groups is 1. The minimum atomic E-state index is -0.300. The van der Waals surface area contributed by atoms with Gasteiger partial charge < -0.3 is 5.32 Å². The molecule has 5 nitrogen and oxygen atoms in total. The molecule has 0 aliphatic carbocycles. The molecular formula is C24H19Cl3N4OS. The number of hydrogen-bond acceptors (Lipinski definition) is 4. The van der Waals surface area contributed by atoms with Gasteiger partial charge >= 0.3 is 0 Å². The molecule has 0 radical (unpaired) electrons. The number of carbonyl (C=O) groups is 1. The molecular weight excluding hydrogens is 499 g/mol. The fourth-order valence-corrected chi connectivity index (χ4v) is 4.88. The second-order valence-electron chi connectivity index (χ2n) is 7.27. The van der Waals surface area contributed by atoms with E-state index in [0.29, 0.717) is 43.1 Å².